The van der Waals surface area contributed by atoms with Gasteiger partial charge in [0.2, 0.25) is 0 Å². The van der Waals surface area contributed by atoms with Gasteiger partial charge in [-0.15, -0.1) is 23.5 Å². The summed E-state index contributed by atoms with van der Waals surface area (Å²) < 4.78 is 0. The molecular weight excluding hydrogens is 352 g/mol. The van der Waals surface area contributed by atoms with Crippen molar-refractivity contribution in [3.63, 3.8) is 0 Å². The summed E-state index contributed by atoms with van der Waals surface area (Å²) in [5.41, 5.74) is 4.09. The molecule has 0 amide bonds. The average Bonchev–Trinajstić information content (AvgIpc) is 2.68. The molecule has 0 fully saturated rings. The van der Waals surface area contributed by atoms with Crippen molar-refractivity contribution in [1.82, 2.24) is 0 Å². The van der Waals surface area contributed by atoms with Crippen molar-refractivity contribution >= 4 is 23.5 Å². The van der Waals surface area contributed by atoms with Gasteiger partial charge < -0.3 is 0 Å². The topological polar surface area (TPSA) is 0 Å². The van der Waals surface area contributed by atoms with Crippen molar-refractivity contribution in [2.24, 2.45) is 0 Å². The second kappa shape index (κ2) is 10.4. The van der Waals surface area contributed by atoms with Crippen molar-refractivity contribution in [2.75, 3.05) is 23.0 Å². The van der Waals surface area contributed by atoms with Crippen LogP contribution in [0.15, 0.2) is 48.5 Å². The Morgan fingerprint density at radius 3 is 0.885 bits per heavy atom. The molecule has 2 aromatic carbocycles. The fourth-order valence-electron chi connectivity index (χ4n) is 2.13. The Labute approximate surface area is 164 Å². The SMILES string of the molecule is C1#Cc2ccc(cc2)C#CCSCC#Cc2ccc(cc2)C#CCSC1. The van der Waals surface area contributed by atoms with Crippen LogP contribution in [0.25, 0.3) is 0 Å². The maximum Gasteiger partial charge on any atom is 0.0560 e. The molecule has 6 rings (SSSR count). The van der Waals surface area contributed by atoms with Crippen molar-refractivity contribution in [2.45, 2.75) is 0 Å². The van der Waals surface area contributed by atoms with E-state index in [0.717, 1.165) is 45.3 Å². The summed E-state index contributed by atoms with van der Waals surface area (Å²) in [6, 6.07) is 16.2. The third-order valence-electron chi connectivity index (χ3n) is 3.40. The van der Waals surface area contributed by atoms with Crippen LogP contribution >= 0.6 is 23.5 Å². The molecule has 0 spiro atoms. The lowest BCUT2D eigenvalue weighted by atomic mass is 10.1. The molecule has 124 valence electrons. The largest absolute Gasteiger partial charge is 0.136 e. The van der Waals surface area contributed by atoms with Gasteiger partial charge in [-0.05, 0) is 48.5 Å². The summed E-state index contributed by atoms with van der Waals surface area (Å²) in [4.78, 5) is 0. The van der Waals surface area contributed by atoms with Crippen molar-refractivity contribution in [1.29, 1.82) is 0 Å². The minimum atomic E-state index is 0.780. The lowest BCUT2D eigenvalue weighted by molar-refractivity contribution is 1.59. The van der Waals surface area contributed by atoms with Crippen LogP contribution in [0.2, 0.25) is 0 Å². The van der Waals surface area contributed by atoms with Crippen LogP contribution in [0.5, 0.6) is 0 Å². The second-order valence-electron chi connectivity index (χ2n) is 5.35. The predicted molar refractivity (Wildman–Crippen MR) is 115 cm³/mol. The first-order valence-corrected chi connectivity index (χ1v) is 10.5. The maximum atomic E-state index is 3.19. The maximum absolute atomic E-state index is 3.19. The summed E-state index contributed by atoms with van der Waals surface area (Å²) >= 11 is 3.46. The molecule has 0 N–H and O–H groups in total. The Morgan fingerprint density at radius 1 is 0.423 bits per heavy atom. The smallest absolute Gasteiger partial charge is 0.0560 e. The van der Waals surface area contributed by atoms with E-state index in [1.807, 2.05) is 48.5 Å². The molecule has 4 heterocycles. The molecule has 0 saturated carbocycles. The van der Waals surface area contributed by atoms with E-state index in [9.17, 15) is 0 Å². The van der Waals surface area contributed by atoms with E-state index in [1.165, 1.54) is 0 Å². The molecule has 4 aliphatic heterocycles. The zero-order valence-corrected chi connectivity index (χ0v) is 15.9. The number of thioether (sulfide) groups is 2. The number of hydrogen-bond acceptors (Lipinski definition) is 2. The van der Waals surface area contributed by atoms with Gasteiger partial charge in [0.25, 0.3) is 0 Å². The molecule has 2 aromatic rings. The minimum Gasteiger partial charge on any atom is -0.136 e. The molecule has 0 aliphatic carbocycles. The predicted octanol–water partition coefficient (Wildman–Crippen LogP) is 4.27. The van der Waals surface area contributed by atoms with Crippen LogP contribution in [-0.2, 0) is 0 Å². The van der Waals surface area contributed by atoms with E-state index < -0.39 is 0 Å². The van der Waals surface area contributed by atoms with E-state index in [2.05, 4.69) is 47.4 Å². The first kappa shape index (κ1) is 18.2. The molecule has 26 heavy (non-hydrogen) atoms. The lowest BCUT2D eigenvalue weighted by Crippen LogP contribution is -1.82. The Morgan fingerprint density at radius 2 is 0.654 bits per heavy atom. The first-order valence-electron chi connectivity index (χ1n) is 8.21. The summed E-state index contributed by atoms with van der Waals surface area (Å²) in [5.74, 6) is 28.6. The van der Waals surface area contributed by atoms with Gasteiger partial charge in [0.1, 0.15) is 0 Å². The monoisotopic (exact) mass is 368 g/mol. The molecule has 4 bridgehead atoms. The molecule has 2 heteroatoms. The highest BCUT2D eigenvalue weighted by molar-refractivity contribution is 7.99. The van der Waals surface area contributed by atoms with Gasteiger partial charge in [-0.3, -0.25) is 0 Å². The molecule has 0 unspecified atom stereocenters. The highest BCUT2D eigenvalue weighted by Gasteiger charge is 1.90. The molecule has 0 nitrogen and oxygen atoms in total. The van der Waals surface area contributed by atoms with E-state index in [1.54, 1.807) is 23.5 Å². The summed E-state index contributed by atoms with van der Waals surface area (Å²) in [6.45, 7) is 0. The van der Waals surface area contributed by atoms with Gasteiger partial charge in [-0.25, -0.2) is 0 Å². The molecule has 4 aliphatic rings. The van der Waals surface area contributed by atoms with E-state index >= 15 is 0 Å². The second-order valence-corrected chi connectivity index (χ2v) is 7.32. The fourth-order valence-corrected chi connectivity index (χ4v) is 3.03. The molecule has 0 atom stereocenters. The van der Waals surface area contributed by atoms with Crippen LogP contribution in [0.3, 0.4) is 0 Å². The number of rotatable bonds is 0. The van der Waals surface area contributed by atoms with Crippen LogP contribution in [-0.4, -0.2) is 23.0 Å². The van der Waals surface area contributed by atoms with Crippen molar-refractivity contribution < 1.29 is 0 Å². The van der Waals surface area contributed by atoms with Crippen molar-refractivity contribution in [3.8, 4) is 47.4 Å². The van der Waals surface area contributed by atoms with E-state index in [0.29, 0.717) is 0 Å². The van der Waals surface area contributed by atoms with Gasteiger partial charge in [-0.1, -0.05) is 47.4 Å². The number of benzene rings is 2. The Hall–Kier alpha value is -2.62. The normalized spacial score (nSPS) is 13.2. The van der Waals surface area contributed by atoms with Crippen LogP contribution < -0.4 is 0 Å². The Bertz CT molecular complexity index is 816. The Kier molecular flexibility index (Phi) is 7.26. The molecule has 0 aromatic heterocycles. The lowest BCUT2D eigenvalue weighted by Gasteiger charge is -1.93. The summed E-state index contributed by atoms with van der Waals surface area (Å²) in [7, 11) is 0. The molecular formula is C24H16S2. The minimum absolute atomic E-state index is 0.780. The zero-order valence-electron chi connectivity index (χ0n) is 14.3. The van der Waals surface area contributed by atoms with Crippen LogP contribution in [0.1, 0.15) is 22.3 Å². The third-order valence-corrected chi connectivity index (χ3v) is 4.79. The van der Waals surface area contributed by atoms with Crippen molar-refractivity contribution in [3.05, 3.63) is 70.8 Å². The summed E-state index contributed by atoms with van der Waals surface area (Å²) in [6.07, 6.45) is 0. The highest BCUT2D eigenvalue weighted by atomic mass is 32.2. The third kappa shape index (κ3) is 6.36. The molecule has 0 saturated heterocycles. The van der Waals surface area contributed by atoms with Gasteiger partial charge in [0.05, 0.1) is 23.0 Å². The highest BCUT2D eigenvalue weighted by Crippen LogP contribution is 2.05. The number of hydrogen-bond donors (Lipinski definition) is 0. The average molecular weight is 369 g/mol. The van der Waals surface area contributed by atoms with E-state index in [-0.39, 0.29) is 0 Å². The van der Waals surface area contributed by atoms with Gasteiger partial charge in [-0.2, -0.15) is 0 Å². The molecule has 0 radical (unpaired) electrons. The van der Waals surface area contributed by atoms with Crippen LogP contribution in [0, 0.1) is 47.4 Å². The summed E-state index contributed by atoms with van der Waals surface area (Å²) in [5, 5.41) is 0. The fraction of sp³-hybridized carbons (Fsp3) is 0.167. The zero-order chi connectivity index (χ0) is 17.9. The van der Waals surface area contributed by atoms with Crippen LogP contribution in [0.4, 0.5) is 0 Å². The van der Waals surface area contributed by atoms with Gasteiger partial charge in [0.15, 0.2) is 0 Å². The van der Waals surface area contributed by atoms with E-state index in [4.69, 9.17) is 0 Å². The van der Waals surface area contributed by atoms with Gasteiger partial charge in [0, 0.05) is 22.3 Å². The Balaban J connectivity index is 1.73. The van der Waals surface area contributed by atoms with Gasteiger partial charge >= 0.3 is 0 Å². The standard InChI is InChI=1S/C24H16S2/c1-5-21-9-11-22(12-10-21)7-3-19-26-20-4-8-24-15-13-23(14-16-24)6-2-18-25-17-1/h9-16H,17-20H2. The quantitative estimate of drug-likeness (QED) is 0.637. The first-order chi connectivity index (χ1) is 12.9.